The van der Waals surface area contributed by atoms with Gasteiger partial charge in [-0.25, -0.2) is 4.79 Å². The van der Waals surface area contributed by atoms with E-state index < -0.39 is 17.5 Å². The van der Waals surface area contributed by atoms with E-state index in [9.17, 15) is 14.7 Å². The molecule has 0 unspecified atom stereocenters. The number of carbonyl (C=O) groups is 2. The maximum absolute atomic E-state index is 12.2. The predicted molar refractivity (Wildman–Crippen MR) is 69.8 cm³/mol. The van der Waals surface area contributed by atoms with Crippen molar-refractivity contribution in [3.05, 3.63) is 0 Å². The molecular weight excluding hydrogens is 246 g/mol. The minimum atomic E-state index is -0.787. The Hall–Kier alpha value is -1.26. The van der Waals surface area contributed by atoms with Gasteiger partial charge in [-0.3, -0.25) is 4.79 Å². The van der Waals surface area contributed by atoms with Crippen molar-refractivity contribution >= 4 is 12.1 Å². The van der Waals surface area contributed by atoms with Crippen molar-refractivity contribution in [3.8, 4) is 0 Å². The highest BCUT2D eigenvalue weighted by Crippen LogP contribution is 2.42. The van der Waals surface area contributed by atoms with Crippen LogP contribution in [0.1, 0.15) is 46.5 Å². The number of hydrogen-bond acceptors (Lipinski definition) is 3. The zero-order valence-corrected chi connectivity index (χ0v) is 11.9. The van der Waals surface area contributed by atoms with E-state index in [1.807, 2.05) is 20.8 Å². The van der Waals surface area contributed by atoms with E-state index in [2.05, 4.69) is 0 Å². The van der Waals surface area contributed by atoms with Gasteiger partial charge in [0.05, 0.1) is 12.0 Å². The minimum Gasteiger partial charge on any atom is -0.481 e. The van der Waals surface area contributed by atoms with Crippen LogP contribution in [-0.2, 0) is 9.53 Å². The average Bonchev–Trinajstić information content (AvgIpc) is 3.09. The molecule has 5 nitrogen and oxygen atoms in total. The predicted octanol–water partition coefficient (Wildman–Crippen LogP) is 2.50. The molecule has 2 atom stereocenters. The molecule has 19 heavy (non-hydrogen) atoms. The van der Waals surface area contributed by atoms with E-state index in [1.165, 1.54) is 0 Å². The van der Waals surface area contributed by atoms with Gasteiger partial charge in [-0.05, 0) is 52.4 Å². The fourth-order valence-corrected chi connectivity index (χ4v) is 2.84. The van der Waals surface area contributed by atoms with Crippen LogP contribution >= 0.6 is 0 Å². The smallest absolute Gasteiger partial charge is 0.410 e. The second-order valence-corrected chi connectivity index (χ2v) is 6.59. The van der Waals surface area contributed by atoms with Gasteiger partial charge in [0.25, 0.3) is 0 Å². The molecule has 1 aliphatic heterocycles. The Balaban J connectivity index is 2.12. The molecule has 5 heteroatoms. The van der Waals surface area contributed by atoms with E-state index in [0.29, 0.717) is 18.9 Å². The van der Waals surface area contributed by atoms with Gasteiger partial charge in [-0.15, -0.1) is 0 Å². The van der Waals surface area contributed by atoms with Gasteiger partial charge < -0.3 is 14.7 Å². The van der Waals surface area contributed by atoms with Crippen molar-refractivity contribution in [1.82, 2.24) is 4.90 Å². The lowest BCUT2D eigenvalue weighted by molar-refractivity contribution is -0.146. The van der Waals surface area contributed by atoms with Crippen molar-refractivity contribution in [2.45, 2.75) is 58.1 Å². The van der Waals surface area contributed by atoms with Crippen LogP contribution in [0.25, 0.3) is 0 Å². The number of amides is 1. The third-order valence-electron chi connectivity index (χ3n) is 3.74. The topological polar surface area (TPSA) is 66.8 Å². The molecule has 0 aromatic carbocycles. The summed E-state index contributed by atoms with van der Waals surface area (Å²) in [5.41, 5.74) is -0.540. The summed E-state index contributed by atoms with van der Waals surface area (Å²) in [6, 6.07) is -0.180. The Morgan fingerprint density at radius 3 is 2.32 bits per heavy atom. The molecule has 1 amide bonds. The zero-order chi connectivity index (χ0) is 14.2. The second-order valence-electron chi connectivity index (χ2n) is 6.59. The van der Waals surface area contributed by atoms with E-state index >= 15 is 0 Å². The van der Waals surface area contributed by atoms with E-state index in [4.69, 9.17) is 4.74 Å². The van der Waals surface area contributed by atoms with Crippen molar-refractivity contribution in [3.63, 3.8) is 0 Å². The van der Waals surface area contributed by atoms with E-state index in [1.54, 1.807) is 4.90 Å². The lowest BCUT2D eigenvalue weighted by atomic mass is 9.86. The van der Waals surface area contributed by atoms with E-state index in [-0.39, 0.29) is 12.1 Å². The maximum Gasteiger partial charge on any atom is 0.410 e. The number of likely N-dealkylation sites (tertiary alicyclic amines) is 1. The lowest BCUT2D eigenvalue weighted by Crippen LogP contribution is -2.53. The number of aliphatic carboxylic acids is 1. The number of ether oxygens (including phenoxy) is 1. The number of nitrogens with zero attached hydrogens (tertiary/aromatic N) is 1. The quantitative estimate of drug-likeness (QED) is 0.836. The molecule has 0 radical (unpaired) electrons. The van der Waals surface area contributed by atoms with Gasteiger partial charge in [0.2, 0.25) is 0 Å². The second kappa shape index (κ2) is 5.02. The van der Waals surface area contributed by atoms with Crippen LogP contribution in [0.5, 0.6) is 0 Å². The highest BCUT2D eigenvalue weighted by Gasteiger charge is 2.47. The Kier molecular flexibility index (Phi) is 3.74. The molecule has 2 rings (SSSR count). The molecule has 108 valence electrons. The van der Waals surface area contributed by atoms with Crippen LogP contribution in [-0.4, -0.2) is 40.3 Å². The summed E-state index contributed by atoms with van der Waals surface area (Å²) in [5, 5.41) is 9.34. The molecule has 1 aliphatic carbocycles. The Bertz CT molecular complexity index is 370. The molecule has 0 spiro atoms. The average molecular weight is 269 g/mol. The van der Waals surface area contributed by atoms with Crippen LogP contribution in [0.2, 0.25) is 0 Å². The third-order valence-corrected chi connectivity index (χ3v) is 3.74. The van der Waals surface area contributed by atoms with Crippen molar-refractivity contribution in [2.75, 3.05) is 6.54 Å². The van der Waals surface area contributed by atoms with Crippen LogP contribution in [0.15, 0.2) is 0 Å². The molecule has 2 fully saturated rings. The molecule has 1 N–H and O–H groups in total. The maximum atomic E-state index is 12.2. The first-order valence-corrected chi connectivity index (χ1v) is 7.02. The van der Waals surface area contributed by atoms with Crippen molar-refractivity contribution < 1.29 is 19.4 Å². The zero-order valence-electron chi connectivity index (χ0n) is 11.9. The first kappa shape index (κ1) is 14.2. The molecule has 2 aliphatic rings. The molecule has 0 aromatic heterocycles. The molecular formula is C14H23NO4. The summed E-state index contributed by atoms with van der Waals surface area (Å²) in [7, 11) is 0. The summed E-state index contributed by atoms with van der Waals surface area (Å²) in [6.45, 7) is 6.10. The van der Waals surface area contributed by atoms with Crippen molar-refractivity contribution in [1.29, 1.82) is 0 Å². The van der Waals surface area contributed by atoms with Crippen LogP contribution in [0.4, 0.5) is 4.79 Å². The highest BCUT2D eigenvalue weighted by atomic mass is 16.6. The number of carbonyl (C=O) groups excluding carboxylic acids is 1. The fraction of sp³-hybridized carbons (Fsp3) is 0.857. The third kappa shape index (κ3) is 3.39. The Morgan fingerprint density at radius 1 is 1.21 bits per heavy atom. The van der Waals surface area contributed by atoms with Gasteiger partial charge in [0.1, 0.15) is 5.60 Å². The molecule has 0 bridgehead atoms. The van der Waals surface area contributed by atoms with Gasteiger partial charge in [0.15, 0.2) is 0 Å². The largest absolute Gasteiger partial charge is 0.481 e. The van der Waals surface area contributed by atoms with Crippen LogP contribution in [0, 0.1) is 11.8 Å². The number of hydrogen-bond donors (Lipinski definition) is 1. The summed E-state index contributed by atoms with van der Waals surface area (Å²) in [4.78, 5) is 25.3. The molecule has 1 heterocycles. The summed E-state index contributed by atoms with van der Waals surface area (Å²) in [5.74, 6) is -0.882. The number of rotatable bonds is 2. The van der Waals surface area contributed by atoms with Crippen molar-refractivity contribution in [2.24, 2.45) is 11.8 Å². The Labute approximate surface area is 113 Å². The normalized spacial score (nSPS) is 28.1. The molecule has 0 aromatic rings. The first-order valence-electron chi connectivity index (χ1n) is 7.02. The number of piperidine rings is 1. The monoisotopic (exact) mass is 269 g/mol. The fourth-order valence-electron chi connectivity index (χ4n) is 2.84. The standard InChI is InChI=1S/C14H23NO4/c1-14(2,3)19-13(18)15-8-4-5-10(12(16)17)11(15)9-6-7-9/h9-11H,4-8H2,1-3H3,(H,16,17)/t10-,11+/m1/s1. The molecule has 1 saturated heterocycles. The summed E-state index contributed by atoms with van der Waals surface area (Å²) < 4.78 is 5.41. The summed E-state index contributed by atoms with van der Waals surface area (Å²) >= 11 is 0. The van der Waals surface area contributed by atoms with Gasteiger partial charge in [-0.1, -0.05) is 0 Å². The molecule has 1 saturated carbocycles. The number of carboxylic acids is 1. The number of carboxylic acid groups (broad SMARTS) is 1. The van der Waals surface area contributed by atoms with Gasteiger partial charge in [0, 0.05) is 6.54 Å². The Morgan fingerprint density at radius 2 is 1.84 bits per heavy atom. The SMILES string of the molecule is CC(C)(C)OC(=O)N1CCC[C@@H](C(=O)O)[C@@H]1C1CC1. The lowest BCUT2D eigenvalue weighted by Gasteiger charge is -2.40. The van der Waals surface area contributed by atoms with Gasteiger partial charge >= 0.3 is 12.1 Å². The first-order chi connectivity index (χ1) is 8.79. The summed E-state index contributed by atoms with van der Waals surface area (Å²) in [6.07, 6.45) is 3.08. The van der Waals surface area contributed by atoms with Crippen LogP contribution < -0.4 is 0 Å². The highest BCUT2D eigenvalue weighted by molar-refractivity contribution is 5.74. The van der Waals surface area contributed by atoms with Gasteiger partial charge in [-0.2, -0.15) is 0 Å². The minimum absolute atomic E-state index is 0.180. The van der Waals surface area contributed by atoms with Crippen LogP contribution in [0.3, 0.4) is 0 Å². The van der Waals surface area contributed by atoms with E-state index in [0.717, 1.165) is 19.3 Å².